The maximum Gasteiger partial charge on any atom is 0.241 e. The molecule has 1 atom stereocenters. The first-order valence-corrected chi connectivity index (χ1v) is 7.55. The summed E-state index contributed by atoms with van der Waals surface area (Å²) in [5.74, 6) is 1.71. The maximum atomic E-state index is 8.99. The SMILES string of the molecule is OCCC1CCN(Cc2nc(-c3ccccc3Cl)no2)C1. The number of aromatic nitrogens is 2. The van der Waals surface area contributed by atoms with Gasteiger partial charge in [0.15, 0.2) is 0 Å². The molecule has 1 saturated heterocycles. The van der Waals surface area contributed by atoms with Crippen LogP contribution < -0.4 is 0 Å². The molecule has 5 nitrogen and oxygen atoms in total. The Hall–Kier alpha value is -1.43. The highest BCUT2D eigenvalue weighted by Gasteiger charge is 2.23. The van der Waals surface area contributed by atoms with Gasteiger partial charge in [-0.3, -0.25) is 4.90 Å². The van der Waals surface area contributed by atoms with Gasteiger partial charge < -0.3 is 9.63 Å². The number of hydrogen-bond acceptors (Lipinski definition) is 5. The lowest BCUT2D eigenvalue weighted by atomic mass is 10.1. The minimum absolute atomic E-state index is 0.260. The number of rotatable bonds is 5. The molecule has 6 heteroatoms. The van der Waals surface area contributed by atoms with E-state index in [0.29, 0.717) is 29.2 Å². The van der Waals surface area contributed by atoms with E-state index >= 15 is 0 Å². The highest BCUT2D eigenvalue weighted by atomic mass is 35.5. The van der Waals surface area contributed by atoms with Crippen molar-refractivity contribution in [3.8, 4) is 11.4 Å². The van der Waals surface area contributed by atoms with Crippen molar-refractivity contribution in [1.29, 1.82) is 0 Å². The molecule has 0 amide bonds. The van der Waals surface area contributed by atoms with Gasteiger partial charge in [-0.25, -0.2) is 0 Å². The van der Waals surface area contributed by atoms with Crippen molar-refractivity contribution in [1.82, 2.24) is 15.0 Å². The van der Waals surface area contributed by atoms with Crippen LogP contribution >= 0.6 is 11.6 Å². The largest absolute Gasteiger partial charge is 0.396 e. The average Bonchev–Trinajstić information content (AvgIpc) is 3.10. The van der Waals surface area contributed by atoms with Crippen LogP contribution in [0.1, 0.15) is 18.7 Å². The number of aliphatic hydroxyl groups is 1. The highest BCUT2D eigenvalue weighted by molar-refractivity contribution is 6.33. The Morgan fingerprint density at radius 2 is 2.24 bits per heavy atom. The summed E-state index contributed by atoms with van der Waals surface area (Å²) < 4.78 is 5.32. The van der Waals surface area contributed by atoms with Gasteiger partial charge in [-0.15, -0.1) is 0 Å². The molecule has 1 aliphatic heterocycles. The van der Waals surface area contributed by atoms with Crippen LogP contribution in [-0.4, -0.2) is 39.8 Å². The van der Waals surface area contributed by atoms with Crippen LogP contribution in [-0.2, 0) is 6.54 Å². The lowest BCUT2D eigenvalue weighted by molar-refractivity contribution is 0.236. The van der Waals surface area contributed by atoms with Gasteiger partial charge in [-0.05, 0) is 37.4 Å². The van der Waals surface area contributed by atoms with E-state index in [1.54, 1.807) is 0 Å². The molecule has 112 valence electrons. The second-order valence-corrected chi connectivity index (χ2v) is 5.80. The van der Waals surface area contributed by atoms with E-state index in [1.807, 2.05) is 24.3 Å². The minimum Gasteiger partial charge on any atom is -0.396 e. The third kappa shape index (κ3) is 3.43. The van der Waals surface area contributed by atoms with Gasteiger partial charge in [0.25, 0.3) is 0 Å². The average molecular weight is 308 g/mol. The number of halogens is 1. The predicted octanol–water partition coefficient (Wildman–Crippen LogP) is 2.59. The normalized spacial score (nSPS) is 19.2. The zero-order valence-corrected chi connectivity index (χ0v) is 12.5. The summed E-state index contributed by atoms with van der Waals surface area (Å²) in [6.45, 7) is 2.90. The minimum atomic E-state index is 0.260. The fourth-order valence-electron chi connectivity index (χ4n) is 2.74. The molecular formula is C15H18ClN3O2. The molecule has 0 saturated carbocycles. The van der Waals surface area contributed by atoms with Crippen LogP contribution in [0.5, 0.6) is 0 Å². The fraction of sp³-hybridized carbons (Fsp3) is 0.467. The Labute approximate surface area is 128 Å². The molecule has 2 heterocycles. The van der Waals surface area contributed by atoms with Crippen molar-refractivity contribution in [3.05, 3.63) is 35.2 Å². The Balaban J connectivity index is 1.65. The van der Waals surface area contributed by atoms with Gasteiger partial charge in [0.05, 0.1) is 11.6 Å². The van der Waals surface area contributed by atoms with Crippen molar-refractivity contribution in [2.24, 2.45) is 5.92 Å². The van der Waals surface area contributed by atoms with Crippen LogP contribution in [0.3, 0.4) is 0 Å². The molecule has 1 aromatic heterocycles. The molecule has 0 radical (unpaired) electrons. The Kier molecular flexibility index (Phi) is 4.53. The first-order chi connectivity index (χ1) is 10.3. The maximum absolute atomic E-state index is 8.99. The van der Waals surface area contributed by atoms with E-state index in [2.05, 4.69) is 15.0 Å². The summed E-state index contributed by atoms with van der Waals surface area (Å²) in [5, 5.41) is 13.6. The standard InChI is InChI=1S/C15H18ClN3O2/c16-13-4-2-1-3-12(13)15-17-14(21-18-15)10-19-7-5-11(9-19)6-8-20/h1-4,11,20H,5-10H2. The third-order valence-corrected chi connectivity index (χ3v) is 4.18. The molecule has 2 aromatic rings. The fourth-order valence-corrected chi connectivity index (χ4v) is 2.96. The van der Waals surface area contributed by atoms with Gasteiger partial charge in [-0.1, -0.05) is 28.9 Å². The molecule has 0 aliphatic carbocycles. The van der Waals surface area contributed by atoms with E-state index in [0.717, 1.165) is 31.5 Å². The highest BCUT2D eigenvalue weighted by Crippen LogP contribution is 2.26. The quantitative estimate of drug-likeness (QED) is 0.920. The second kappa shape index (κ2) is 6.56. The van der Waals surface area contributed by atoms with Crippen molar-refractivity contribution in [2.45, 2.75) is 19.4 Å². The first-order valence-electron chi connectivity index (χ1n) is 7.17. The monoisotopic (exact) mass is 307 g/mol. The number of nitrogens with zero attached hydrogens (tertiary/aromatic N) is 3. The number of aliphatic hydroxyl groups excluding tert-OH is 1. The van der Waals surface area contributed by atoms with E-state index in [4.69, 9.17) is 21.2 Å². The zero-order valence-electron chi connectivity index (χ0n) is 11.7. The van der Waals surface area contributed by atoms with Crippen LogP contribution in [0.2, 0.25) is 5.02 Å². The van der Waals surface area contributed by atoms with Crippen LogP contribution in [0.25, 0.3) is 11.4 Å². The molecule has 0 spiro atoms. The van der Waals surface area contributed by atoms with E-state index in [-0.39, 0.29) is 6.61 Å². The first kappa shape index (κ1) is 14.5. The number of benzene rings is 1. The summed E-state index contributed by atoms with van der Waals surface area (Å²) in [6, 6.07) is 7.46. The van der Waals surface area contributed by atoms with Gasteiger partial charge >= 0.3 is 0 Å². The Morgan fingerprint density at radius 3 is 3.05 bits per heavy atom. The summed E-state index contributed by atoms with van der Waals surface area (Å²) in [7, 11) is 0. The lowest BCUT2D eigenvalue weighted by Gasteiger charge is -2.12. The van der Waals surface area contributed by atoms with Crippen LogP contribution in [0.15, 0.2) is 28.8 Å². The summed E-state index contributed by atoms with van der Waals surface area (Å²) in [5.41, 5.74) is 0.786. The summed E-state index contributed by atoms with van der Waals surface area (Å²) in [6.07, 6.45) is 1.98. The molecule has 1 fully saturated rings. The van der Waals surface area contributed by atoms with Crippen LogP contribution in [0.4, 0.5) is 0 Å². The molecule has 1 aliphatic rings. The van der Waals surface area contributed by atoms with Gasteiger partial charge in [0, 0.05) is 18.7 Å². The summed E-state index contributed by atoms with van der Waals surface area (Å²) >= 11 is 6.14. The molecule has 21 heavy (non-hydrogen) atoms. The van der Waals surface area contributed by atoms with E-state index < -0.39 is 0 Å². The van der Waals surface area contributed by atoms with Crippen molar-refractivity contribution >= 4 is 11.6 Å². The lowest BCUT2D eigenvalue weighted by Crippen LogP contribution is -2.20. The number of likely N-dealkylation sites (tertiary alicyclic amines) is 1. The molecular weight excluding hydrogens is 290 g/mol. The molecule has 1 unspecified atom stereocenters. The van der Waals surface area contributed by atoms with Gasteiger partial charge in [0.2, 0.25) is 11.7 Å². The Morgan fingerprint density at radius 1 is 1.38 bits per heavy atom. The molecule has 1 N–H and O–H groups in total. The molecule has 1 aromatic carbocycles. The summed E-state index contributed by atoms with van der Waals surface area (Å²) in [4.78, 5) is 6.70. The molecule has 3 rings (SSSR count). The predicted molar refractivity (Wildman–Crippen MR) is 79.8 cm³/mol. The Bertz CT molecular complexity index is 602. The molecule has 0 bridgehead atoms. The number of hydrogen-bond donors (Lipinski definition) is 1. The second-order valence-electron chi connectivity index (χ2n) is 5.39. The van der Waals surface area contributed by atoms with Gasteiger partial charge in [-0.2, -0.15) is 4.98 Å². The van der Waals surface area contributed by atoms with Crippen molar-refractivity contribution in [3.63, 3.8) is 0 Å². The topological polar surface area (TPSA) is 62.4 Å². The third-order valence-electron chi connectivity index (χ3n) is 3.85. The van der Waals surface area contributed by atoms with Crippen molar-refractivity contribution in [2.75, 3.05) is 19.7 Å². The van der Waals surface area contributed by atoms with Gasteiger partial charge in [0.1, 0.15) is 0 Å². The van der Waals surface area contributed by atoms with E-state index in [9.17, 15) is 0 Å². The smallest absolute Gasteiger partial charge is 0.241 e. The van der Waals surface area contributed by atoms with Crippen LogP contribution in [0, 0.1) is 5.92 Å². The van der Waals surface area contributed by atoms with E-state index in [1.165, 1.54) is 0 Å². The van der Waals surface area contributed by atoms with Crippen molar-refractivity contribution < 1.29 is 9.63 Å². The zero-order chi connectivity index (χ0) is 14.7.